The van der Waals surface area contributed by atoms with Crippen molar-refractivity contribution in [1.82, 2.24) is 29.1 Å². The molecule has 2 aromatic carbocycles. The number of aliphatic hydroxyl groups excluding tert-OH is 1. The van der Waals surface area contributed by atoms with Gasteiger partial charge < -0.3 is 34.0 Å². The molecule has 0 bridgehead atoms. The number of methoxy groups -OCH3 is 1. The third kappa shape index (κ3) is 7.05. The van der Waals surface area contributed by atoms with Gasteiger partial charge in [0.1, 0.15) is 12.6 Å². The van der Waals surface area contributed by atoms with E-state index in [0.717, 1.165) is 0 Å². The molecule has 13 nitrogen and oxygen atoms in total. The lowest BCUT2D eigenvalue weighted by Gasteiger charge is -2.38. The molecule has 16 heteroatoms. The molecule has 0 spiro atoms. The van der Waals surface area contributed by atoms with Crippen molar-refractivity contribution in [2.24, 2.45) is 7.05 Å². The van der Waals surface area contributed by atoms with Gasteiger partial charge in [-0.15, -0.1) is 0 Å². The lowest BCUT2D eigenvalue weighted by atomic mass is 10.0. The zero-order valence-electron chi connectivity index (χ0n) is 29.7. The number of quaternary nitrogens is 1. The van der Waals surface area contributed by atoms with E-state index in [1.165, 1.54) is 48.3 Å². The van der Waals surface area contributed by atoms with Crippen LogP contribution in [0.25, 0.3) is 22.4 Å². The second-order valence-electron chi connectivity index (χ2n) is 13.8. The van der Waals surface area contributed by atoms with Crippen LogP contribution in [0.15, 0.2) is 42.7 Å². The third-order valence-corrected chi connectivity index (χ3v) is 10.4. The van der Waals surface area contributed by atoms with Crippen LogP contribution in [0.2, 0.25) is 5.02 Å². The van der Waals surface area contributed by atoms with Crippen molar-refractivity contribution in [3.05, 3.63) is 76.5 Å². The Morgan fingerprint density at radius 1 is 1.02 bits per heavy atom. The Hall–Kier alpha value is -4.70. The quantitative estimate of drug-likeness (QED) is 0.251. The number of aromatic nitrogens is 4. The molecular formula is C36H42ClF2N8O5+. The summed E-state index contributed by atoms with van der Waals surface area (Å²) in [6.45, 7) is 4.58. The summed E-state index contributed by atoms with van der Waals surface area (Å²) < 4.78 is 39.5. The van der Waals surface area contributed by atoms with Crippen molar-refractivity contribution in [3.8, 4) is 22.4 Å². The van der Waals surface area contributed by atoms with Gasteiger partial charge in [-0.25, -0.2) is 13.8 Å². The summed E-state index contributed by atoms with van der Waals surface area (Å²) in [5.41, 5.74) is 1.83. The van der Waals surface area contributed by atoms with Crippen LogP contribution in [0.4, 0.5) is 14.5 Å². The number of anilines is 1. The molecule has 6 rings (SSSR count). The number of carbonyl (C=O) groups is 3. The molecule has 3 amide bonds. The highest BCUT2D eigenvalue weighted by Gasteiger charge is 2.46. The Labute approximate surface area is 304 Å². The number of imidazole rings is 1. The number of nitrogens with one attached hydrogen (secondary N) is 1. The molecule has 0 radical (unpaired) electrons. The molecule has 4 aromatic rings. The summed E-state index contributed by atoms with van der Waals surface area (Å²) in [6, 6.07) is 7.10. The van der Waals surface area contributed by atoms with Crippen LogP contribution in [0.5, 0.6) is 0 Å². The summed E-state index contributed by atoms with van der Waals surface area (Å²) in [5, 5.41) is 17.2. The van der Waals surface area contributed by atoms with Crippen LogP contribution < -0.4 is 5.32 Å². The fourth-order valence-electron chi connectivity index (χ4n) is 7.09. The average Bonchev–Trinajstić information content (AvgIpc) is 3.76. The van der Waals surface area contributed by atoms with Crippen LogP contribution in [0.1, 0.15) is 33.1 Å². The second-order valence-corrected chi connectivity index (χ2v) is 14.2. The van der Waals surface area contributed by atoms with E-state index in [0.29, 0.717) is 73.7 Å². The number of carbonyl (C=O) groups excluding carboxylic acids is 3. The van der Waals surface area contributed by atoms with Crippen molar-refractivity contribution in [2.75, 3.05) is 65.9 Å². The lowest BCUT2D eigenvalue weighted by Crippen LogP contribution is -2.58. The van der Waals surface area contributed by atoms with E-state index >= 15 is 8.78 Å². The number of likely N-dealkylation sites (N-methyl/N-ethyl adjacent to an activating group) is 1. The molecule has 2 saturated heterocycles. The zero-order valence-corrected chi connectivity index (χ0v) is 30.5. The van der Waals surface area contributed by atoms with E-state index in [9.17, 15) is 19.5 Å². The summed E-state index contributed by atoms with van der Waals surface area (Å²) in [5.74, 6) is -3.15. The summed E-state index contributed by atoms with van der Waals surface area (Å²) >= 11 is 6.52. The summed E-state index contributed by atoms with van der Waals surface area (Å²) in [7, 11) is 6.97. The molecule has 2 atom stereocenters. The Balaban J connectivity index is 1.10. The maximum absolute atomic E-state index is 15.5. The minimum atomic E-state index is -1.09. The largest absolute Gasteiger partial charge is 0.387 e. The summed E-state index contributed by atoms with van der Waals surface area (Å²) in [4.78, 5) is 47.4. The minimum absolute atomic E-state index is 0.0182. The number of aliphatic hydroxyl groups is 1. The van der Waals surface area contributed by atoms with Crippen LogP contribution in [0, 0.1) is 18.6 Å². The van der Waals surface area contributed by atoms with Gasteiger partial charge in [0.05, 0.1) is 55.9 Å². The molecule has 2 N–H and O–H groups in total. The predicted molar refractivity (Wildman–Crippen MR) is 190 cm³/mol. The number of hydrogen-bond acceptors (Lipinski definition) is 7. The smallest absolute Gasteiger partial charge is 0.291 e. The van der Waals surface area contributed by atoms with Gasteiger partial charge in [0.15, 0.2) is 23.5 Å². The minimum Gasteiger partial charge on any atom is -0.387 e. The van der Waals surface area contributed by atoms with Crippen LogP contribution in [-0.4, -0.2) is 129 Å². The molecular weight excluding hydrogens is 698 g/mol. The van der Waals surface area contributed by atoms with Gasteiger partial charge in [0.25, 0.3) is 17.7 Å². The molecule has 2 aliphatic heterocycles. The highest BCUT2D eigenvalue weighted by atomic mass is 35.5. The van der Waals surface area contributed by atoms with Crippen molar-refractivity contribution in [3.63, 3.8) is 0 Å². The maximum Gasteiger partial charge on any atom is 0.291 e. The van der Waals surface area contributed by atoms with Gasteiger partial charge >= 0.3 is 0 Å². The van der Waals surface area contributed by atoms with Gasteiger partial charge in [0, 0.05) is 74.8 Å². The fourth-order valence-corrected chi connectivity index (χ4v) is 7.35. The van der Waals surface area contributed by atoms with Crippen molar-refractivity contribution < 1.29 is 37.5 Å². The first-order chi connectivity index (χ1) is 24.7. The second kappa shape index (κ2) is 14.7. The number of hydrogen-bond donors (Lipinski definition) is 2. The van der Waals surface area contributed by atoms with E-state index in [1.54, 1.807) is 34.6 Å². The number of likely N-dealkylation sites (tertiary alicyclic amines) is 1. The maximum atomic E-state index is 15.5. The Morgan fingerprint density at radius 3 is 2.35 bits per heavy atom. The van der Waals surface area contributed by atoms with E-state index in [4.69, 9.17) is 16.3 Å². The average molecular weight is 740 g/mol. The SMILES string of the molecule is COCCn1ncc(-c2ccc(-c3cnc(C(=O)Nc4ccc(C(=O)N5CCN(C(=O)[C@@H]6C[C@@H](O)C[N+]6(C)C)CC5)c(Cl)c4)n3C)c(F)c2F)c1C. The van der Waals surface area contributed by atoms with Crippen LogP contribution >= 0.6 is 11.6 Å². The molecule has 0 unspecified atom stereocenters. The van der Waals surface area contributed by atoms with Crippen molar-refractivity contribution in [2.45, 2.75) is 32.0 Å². The Kier molecular flexibility index (Phi) is 10.5. The highest BCUT2D eigenvalue weighted by Crippen LogP contribution is 2.33. The van der Waals surface area contributed by atoms with Crippen LogP contribution in [-0.2, 0) is 23.1 Å². The fraction of sp³-hybridized carbons (Fsp3) is 0.417. The van der Waals surface area contributed by atoms with Gasteiger partial charge in [-0.3, -0.25) is 19.1 Å². The van der Waals surface area contributed by atoms with Gasteiger partial charge in [-0.1, -0.05) is 17.7 Å². The normalized spacial score (nSPS) is 18.6. The van der Waals surface area contributed by atoms with Gasteiger partial charge in [-0.05, 0) is 31.2 Å². The lowest BCUT2D eigenvalue weighted by molar-refractivity contribution is -0.894. The molecule has 0 aliphatic carbocycles. The van der Waals surface area contributed by atoms with Crippen LogP contribution in [0.3, 0.4) is 0 Å². The predicted octanol–water partition coefficient (Wildman–Crippen LogP) is 3.58. The summed E-state index contributed by atoms with van der Waals surface area (Å²) in [6.07, 6.45) is 2.68. The third-order valence-electron chi connectivity index (χ3n) is 10.1. The standard InChI is InChI=1S/C36H41ClF2N8O5/c1-21-27(18-41-46(21)14-15-52-5)24-8-9-26(32(39)31(24)38)29-19-40-33(43(29)2)34(49)42-22-6-7-25(28(37)16-22)35(50)44-10-12-45(13-11-44)36(51)30-17-23(48)20-47(30,3)4/h6-9,16,18-19,23,30,48H,10-15,17,20H2,1-5H3/p+1/t23-,30+/m1/s1. The van der Waals surface area contributed by atoms with E-state index in [1.807, 2.05) is 14.1 Å². The molecule has 2 fully saturated rings. The van der Waals surface area contributed by atoms with E-state index in [2.05, 4.69) is 15.4 Å². The highest BCUT2D eigenvalue weighted by molar-refractivity contribution is 6.34. The first-order valence-corrected chi connectivity index (χ1v) is 17.3. The van der Waals surface area contributed by atoms with E-state index < -0.39 is 23.6 Å². The Bertz CT molecular complexity index is 2020. The number of ether oxygens (including phenoxy) is 1. The number of halogens is 3. The van der Waals surface area contributed by atoms with Crippen molar-refractivity contribution >= 4 is 35.0 Å². The van der Waals surface area contributed by atoms with Gasteiger partial charge in [-0.2, -0.15) is 5.10 Å². The van der Waals surface area contributed by atoms with E-state index in [-0.39, 0.29) is 51.1 Å². The number of benzene rings is 2. The Morgan fingerprint density at radius 2 is 1.69 bits per heavy atom. The molecule has 276 valence electrons. The number of amides is 3. The monoisotopic (exact) mass is 739 g/mol. The number of rotatable bonds is 9. The molecule has 4 heterocycles. The topological polar surface area (TPSA) is 135 Å². The molecule has 0 saturated carbocycles. The number of piperazine rings is 1. The molecule has 52 heavy (non-hydrogen) atoms. The van der Waals surface area contributed by atoms with Gasteiger partial charge in [0.2, 0.25) is 0 Å². The first-order valence-electron chi connectivity index (χ1n) is 16.9. The van der Waals surface area contributed by atoms with Crippen molar-refractivity contribution in [1.29, 1.82) is 0 Å². The number of nitrogens with zero attached hydrogens (tertiary/aromatic N) is 7. The zero-order chi connectivity index (χ0) is 37.5. The molecule has 2 aliphatic rings. The first kappa shape index (κ1) is 37.1. The molecule has 2 aromatic heterocycles.